The molecule has 118 valence electrons. The number of ketones is 1. The van der Waals surface area contributed by atoms with E-state index in [-0.39, 0.29) is 18.1 Å². The largest absolute Gasteiger partial charge is 0.362 e. The van der Waals surface area contributed by atoms with Gasteiger partial charge in [0, 0.05) is 40.8 Å². The molecule has 0 radical (unpaired) electrons. The first-order valence-corrected chi connectivity index (χ1v) is 9.95. The molecule has 21 heavy (non-hydrogen) atoms. The number of hydrogen-bond donors (Lipinski definition) is 1. The Morgan fingerprint density at radius 1 is 1.48 bits per heavy atom. The highest BCUT2D eigenvalue weighted by Gasteiger charge is 2.34. The van der Waals surface area contributed by atoms with E-state index >= 15 is 0 Å². The quantitative estimate of drug-likeness (QED) is 0.831. The van der Waals surface area contributed by atoms with Gasteiger partial charge >= 0.3 is 0 Å². The molecule has 0 saturated carbocycles. The second-order valence-corrected chi connectivity index (χ2v) is 8.96. The van der Waals surface area contributed by atoms with E-state index in [9.17, 15) is 13.2 Å². The summed E-state index contributed by atoms with van der Waals surface area (Å²) in [6.07, 6.45) is 0. The maximum Gasteiger partial charge on any atom is 0.178 e. The molecule has 2 rings (SSSR count). The third kappa shape index (κ3) is 3.70. The SMILES string of the molecule is CCS(=O)(=O)C1CSCCN1CC(=O)c1cc(C)[nH]c1C. The number of nitrogens with one attached hydrogen (secondary N) is 1. The summed E-state index contributed by atoms with van der Waals surface area (Å²) < 4.78 is 24.4. The van der Waals surface area contributed by atoms with E-state index in [4.69, 9.17) is 0 Å². The summed E-state index contributed by atoms with van der Waals surface area (Å²) in [5, 5.41) is -0.537. The van der Waals surface area contributed by atoms with Crippen LogP contribution in [0.5, 0.6) is 0 Å². The van der Waals surface area contributed by atoms with Crippen LogP contribution >= 0.6 is 11.8 Å². The number of aromatic nitrogens is 1. The summed E-state index contributed by atoms with van der Waals surface area (Å²) in [7, 11) is -3.16. The van der Waals surface area contributed by atoms with Crippen LogP contribution in [0, 0.1) is 13.8 Å². The van der Waals surface area contributed by atoms with Gasteiger partial charge in [-0.1, -0.05) is 6.92 Å². The zero-order valence-corrected chi connectivity index (χ0v) is 14.3. The number of rotatable bonds is 5. The van der Waals surface area contributed by atoms with Crippen LogP contribution in [0.2, 0.25) is 0 Å². The molecule has 1 atom stereocenters. The molecule has 0 aliphatic carbocycles. The number of nitrogens with zero attached hydrogens (tertiary/aromatic N) is 1. The number of H-pyrrole nitrogens is 1. The minimum absolute atomic E-state index is 0.0138. The number of hydrogen-bond acceptors (Lipinski definition) is 5. The fourth-order valence-electron chi connectivity index (χ4n) is 2.60. The topological polar surface area (TPSA) is 70.2 Å². The molecule has 1 N–H and O–H groups in total. The van der Waals surface area contributed by atoms with Gasteiger partial charge in [-0.25, -0.2) is 8.42 Å². The van der Waals surface area contributed by atoms with Crippen molar-refractivity contribution in [2.75, 3.05) is 30.3 Å². The van der Waals surface area contributed by atoms with Gasteiger partial charge in [-0.15, -0.1) is 0 Å². The summed E-state index contributed by atoms with van der Waals surface area (Å²) in [6, 6.07) is 1.83. The molecule has 1 aromatic heterocycles. The van der Waals surface area contributed by atoms with Crippen molar-refractivity contribution in [1.82, 2.24) is 9.88 Å². The van der Waals surface area contributed by atoms with Crippen LogP contribution in [-0.4, -0.2) is 59.8 Å². The first-order chi connectivity index (χ1) is 9.85. The van der Waals surface area contributed by atoms with Gasteiger partial charge in [0.05, 0.1) is 6.54 Å². The van der Waals surface area contributed by atoms with E-state index in [1.807, 2.05) is 24.8 Å². The lowest BCUT2D eigenvalue weighted by Gasteiger charge is -2.34. The highest BCUT2D eigenvalue weighted by atomic mass is 32.2. The van der Waals surface area contributed by atoms with Gasteiger partial charge in [0.1, 0.15) is 5.37 Å². The van der Waals surface area contributed by atoms with E-state index in [0.717, 1.165) is 17.1 Å². The zero-order chi connectivity index (χ0) is 15.6. The smallest absolute Gasteiger partial charge is 0.178 e. The standard InChI is InChI=1S/C14H22N2O3S2/c1-4-21(18,19)14-9-20-6-5-16(14)8-13(17)12-7-10(2)15-11(12)3/h7,14-15H,4-6,8-9H2,1-3H3. The maximum atomic E-state index is 12.4. The number of aromatic amines is 1. The predicted molar refractivity (Wildman–Crippen MR) is 86.7 cm³/mol. The molecular formula is C14H22N2O3S2. The summed E-state index contributed by atoms with van der Waals surface area (Å²) in [6.45, 7) is 6.25. The van der Waals surface area contributed by atoms with Crippen molar-refractivity contribution in [3.05, 3.63) is 23.0 Å². The lowest BCUT2D eigenvalue weighted by atomic mass is 10.1. The Morgan fingerprint density at radius 3 is 2.76 bits per heavy atom. The van der Waals surface area contributed by atoms with Gasteiger partial charge in [-0.05, 0) is 19.9 Å². The number of carbonyl (C=O) groups excluding carboxylic acids is 1. The summed E-state index contributed by atoms with van der Waals surface area (Å²) in [4.78, 5) is 17.4. The molecular weight excluding hydrogens is 308 g/mol. The molecule has 1 aliphatic rings. The van der Waals surface area contributed by atoms with Gasteiger partial charge in [-0.2, -0.15) is 11.8 Å². The Bertz CT molecular complexity index is 622. The number of thioether (sulfide) groups is 1. The normalized spacial score (nSPS) is 20.6. The average molecular weight is 330 g/mol. The van der Waals surface area contributed by atoms with E-state index < -0.39 is 15.2 Å². The minimum Gasteiger partial charge on any atom is -0.362 e. The van der Waals surface area contributed by atoms with Crippen LogP contribution in [-0.2, 0) is 9.84 Å². The number of aryl methyl sites for hydroxylation is 2. The van der Waals surface area contributed by atoms with Crippen molar-refractivity contribution in [3.63, 3.8) is 0 Å². The fraction of sp³-hybridized carbons (Fsp3) is 0.643. The third-order valence-electron chi connectivity index (χ3n) is 3.80. The summed E-state index contributed by atoms with van der Waals surface area (Å²) >= 11 is 1.64. The van der Waals surface area contributed by atoms with Crippen molar-refractivity contribution < 1.29 is 13.2 Å². The first-order valence-electron chi connectivity index (χ1n) is 7.08. The van der Waals surface area contributed by atoms with Crippen LogP contribution in [0.15, 0.2) is 6.07 Å². The second kappa shape index (κ2) is 6.54. The molecule has 1 aliphatic heterocycles. The second-order valence-electron chi connectivity index (χ2n) is 5.37. The van der Waals surface area contributed by atoms with Crippen LogP contribution in [0.25, 0.3) is 0 Å². The Labute approximate surface area is 130 Å². The molecule has 0 aromatic carbocycles. The Balaban J connectivity index is 2.16. The number of Topliss-reactive ketones (excluding diaryl/α,β-unsaturated/α-hetero) is 1. The molecule has 1 saturated heterocycles. The van der Waals surface area contributed by atoms with Gasteiger partial charge in [0.2, 0.25) is 0 Å². The molecule has 1 unspecified atom stereocenters. The lowest BCUT2D eigenvalue weighted by Crippen LogP contribution is -2.49. The van der Waals surface area contributed by atoms with Gasteiger partial charge in [0.15, 0.2) is 15.6 Å². The average Bonchev–Trinajstić information content (AvgIpc) is 2.78. The molecule has 2 heterocycles. The summed E-state index contributed by atoms with van der Waals surface area (Å²) in [5.74, 6) is 1.52. The molecule has 1 aromatic rings. The van der Waals surface area contributed by atoms with Crippen molar-refractivity contribution in [3.8, 4) is 0 Å². The Morgan fingerprint density at radius 2 is 2.19 bits per heavy atom. The number of sulfone groups is 1. The number of carbonyl (C=O) groups is 1. The third-order valence-corrected chi connectivity index (χ3v) is 7.14. The van der Waals surface area contributed by atoms with Crippen LogP contribution < -0.4 is 0 Å². The minimum atomic E-state index is -3.16. The van der Waals surface area contributed by atoms with Gasteiger partial charge in [-0.3, -0.25) is 9.69 Å². The van der Waals surface area contributed by atoms with E-state index in [1.165, 1.54) is 0 Å². The van der Waals surface area contributed by atoms with Crippen molar-refractivity contribution in [1.29, 1.82) is 0 Å². The maximum absolute atomic E-state index is 12.4. The lowest BCUT2D eigenvalue weighted by molar-refractivity contribution is 0.0928. The molecule has 0 amide bonds. The monoisotopic (exact) mass is 330 g/mol. The van der Waals surface area contributed by atoms with Crippen molar-refractivity contribution >= 4 is 27.4 Å². The molecule has 0 spiro atoms. The van der Waals surface area contributed by atoms with E-state index in [2.05, 4.69) is 4.98 Å². The van der Waals surface area contributed by atoms with Crippen LogP contribution in [0.4, 0.5) is 0 Å². The zero-order valence-electron chi connectivity index (χ0n) is 12.7. The molecule has 1 fully saturated rings. The van der Waals surface area contributed by atoms with Crippen LogP contribution in [0.1, 0.15) is 28.7 Å². The van der Waals surface area contributed by atoms with E-state index in [1.54, 1.807) is 18.7 Å². The molecule has 7 heteroatoms. The van der Waals surface area contributed by atoms with Gasteiger partial charge < -0.3 is 4.98 Å². The first kappa shape index (κ1) is 16.6. The van der Waals surface area contributed by atoms with E-state index in [0.29, 0.717) is 17.9 Å². The summed E-state index contributed by atoms with van der Waals surface area (Å²) in [5.41, 5.74) is 2.46. The fourth-order valence-corrected chi connectivity index (χ4v) is 5.68. The highest BCUT2D eigenvalue weighted by molar-refractivity contribution is 8.01. The van der Waals surface area contributed by atoms with Crippen LogP contribution in [0.3, 0.4) is 0 Å². The predicted octanol–water partition coefficient (Wildman–Crippen LogP) is 1.62. The molecule has 0 bridgehead atoms. The van der Waals surface area contributed by atoms with Gasteiger partial charge in [0.25, 0.3) is 0 Å². The molecule has 5 nitrogen and oxygen atoms in total. The van der Waals surface area contributed by atoms with Crippen molar-refractivity contribution in [2.24, 2.45) is 0 Å². The Hall–Kier alpha value is -0.790. The highest BCUT2D eigenvalue weighted by Crippen LogP contribution is 2.22. The van der Waals surface area contributed by atoms with Crippen molar-refractivity contribution in [2.45, 2.75) is 26.1 Å². The Kier molecular flexibility index (Phi) is 5.16.